The summed E-state index contributed by atoms with van der Waals surface area (Å²) in [7, 11) is -6.31. The van der Waals surface area contributed by atoms with Gasteiger partial charge >= 0.3 is 0 Å². The van der Waals surface area contributed by atoms with Crippen LogP contribution < -0.4 is 31.8 Å². The summed E-state index contributed by atoms with van der Waals surface area (Å²) in [5.41, 5.74) is 9.65. The van der Waals surface area contributed by atoms with E-state index in [4.69, 9.17) is 9.97 Å². The second-order valence-corrected chi connectivity index (χ2v) is 23.2. The molecule has 10 aromatic carbocycles. The highest BCUT2D eigenvalue weighted by atomic mass is 31.2. The molecule has 13 rings (SSSR count). The molecule has 0 saturated carbocycles. The molecular weight excluding hydrogens is 895 g/mol. The van der Waals surface area contributed by atoms with E-state index in [-0.39, 0.29) is 0 Å². The van der Waals surface area contributed by atoms with Crippen molar-refractivity contribution in [2.45, 2.75) is 0 Å². The standard InChI is InChI=1S/C62H42N4O2P2/c67-69(47-17-5-1-6-18-47,48-19-7-2-8-20-48)51-35-29-43(30-36-51)45-33-39-58-54(41-45)55-42-46(44-31-37-52(38-32-44)70(68,49-21-9-3-10-22-49)50-23-11-4-12-24-50)34-40-59(55)65(58)62-64-56-26-14-13-25-53(56)61-63-57-27-15-16-28-60(57)66(61)62/h1-42H. The molecule has 0 aliphatic heterocycles. The van der Waals surface area contributed by atoms with Crippen molar-refractivity contribution in [1.82, 2.24) is 18.9 Å². The Morgan fingerprint density at radius 2 is 0.671 bits per heavy atom. The largest absolute Gasteiger partial charge is 0.309 e. The van der Waals surface area contributed by atoms with Crippen LogP contribution in [0.5, 0.6) is 0 Å². The third-order valence-corrected chi connectivity index (χ3v) is 19.9. The summed E-state index contributed by atoms with van der Waals surface area (Å²) in [5, 5.41) is 7.87. The lowest BCUT2D eigenvalue weighted by Gasteiger charge is -2.20. The monoisotopic (exact) mass is 936 g/mol. The summed E-state index contributed by atoms with van der Waals surface area (Å²) in [5.74, 6) is 0.742. The summed E-state index contributed by atoms with van der Waals surface area (Å²) in [6.45, 7) is 0. The minimum Gasteiger partial charge on any atom is -0.309 e. The van der Waals surface area contributed by atoms with Gasteiger partial charge in [-0.15, -0.1) is 0 Å². The van der Waals surface area contributed by atoms with Crippen molar-refractivity contribution in [3.8, 4) is 28.2 Å². The first-order valence-electron chi connectivity index (χ1n) is 23.4. The van der Waals surface area contributed by atoms with Gasteiger partial charge in [-0.1, -0.05) is 206 Å². The molecule has 0 atom stereocenters. The van der Waals surface area contributed by atoms with E-state index in [2.05, 4.69) is 93.9 Å². The molecule has 70 heavy (non-hydrogen) atoms. The van der Waals surface area contributed by atoms with E-state index in [9.17, 15) is 0 Å². The summed E-state index contributed by atoms with van der Waals surface area (Å²) in [4.78, 5) is 10.6. The topological polar surface area (TPSA) is 69.3 Å². The van der Waals surface area contributed by atoms with Gasteiger partial charge in [-0.2, -0.15) is 0 Å². The predicted octanol–water partition coefficient (Wildman–Crippen LogP) is 12.7. The SMILES string of the molecule is O=P(c1ccccc1)(c1ccccc1)c1ccc(-c2ccc3c(c2)c2cc(-c4ccc(P(=O)(c5ccccc5)c5ccccc5)cc4)ccc2n3-c2nc3ccccc3c3nc4ccccc4n23)cc1. The van der Waals surface area contributed by atoms with Crippen LogP contribution in [-0.4, -0.2) is 18.9 Å². The highest BCUT2D eigenvalue weighted by Crippen LogP contribution is 2.45. The van der Waals surface area contributed by atoms with Crippen LogP contribution in [0.2, 0.25) is 0 Å². The summed E-state index contributed by atoms with van der Waals surface area (Å²) in [6, 6.07) is 85.4. The van der Waals surface area contributed by atoms with Crippen LogP contribution in [0.3, 0.4) is 0 Å². The lowest BCUT2D eigenvalue weighted by atomic mass is 10.0. The molecule has 0 N–H and O–H groups in total. The molecule has 0 aliphatic rings. The molecule has 13 aromatic rings. The summed E-state index contributed by atoms with van der Waals surface area (Å²) < 4.78 is 35.0. The third-order valence-electron chi connectivity index (χ3n) is 13.7. The molecule has 0 fully saturated rings. The molecule has 0 spiro atoms. The Balaban J connectivity index is 0.995. The lowest BCUT2D eigenvalue weighted by Crippen LogP contribution is -2.24. The maximum atomic E-state index is 15.3. The highest BCUT2D eigenvalue weighted by molar-refractivity contribution is 7.85. The average Bonchev–Trinajstić information content (AvgIpc) is 4.00. The van der Waals surface area contributed by atoms with Crippen molar-refractivity contribution in [1.29, 1.82) is 0 Å². The Morgan fingerprint density at radius 3 is 1.13 bits per heavy atom. The molecule has 0 bridgehead atoms. The highest BCUT2D eigenvalue weighted by Gasteiger charge is 2.31. The average molecular weight is 937 g/mol. The zero-order valence-electron chi connectivity index (χ0n) is 37.7. The molecule has 0 amide bonds. The molecule has 0 aliphatic carbocycles. The molecule has 8 heteroatoms. The normalized spacial score (nSPS) is 12.1. The number of hydrogen-bond acceptors (Lipinski definition) is 4. The zero-order chi connectivity index (χ0) is 46.8. The fourth-order valence-electron chi connectivity index (χ4n) is 10.2. The Bertz CT molecular complexity index is 3930. The van der Waals surface area contributed by atoms with Crippen LogP contribution in [0.1, 0.15) is 0 Å². The molecule has 0 radical (unpaired) electrons. The maximum absolute atomic E-state index is 15.3. The second-order valence-electron chi connectivity index (χ2n) is 17.6. The van der Waals surface area contributed by atoms with Gasteiger partial charge in [0.15, 0.2) is 14.3 Å². The first kappa shape index (κ1) is 41.8. The minimum absolute atomic E-state index is 0.742. The van der Waals surface area contributed by atoms with Crippen LogP contribution in [0.4, 0.5) is 0 Å². The van der Waals surface area contributed by atoms with Gasteiger partial charge in [-0.25, -0.2) is 9.97 Å². The first-order chi connectivity index (χ1) is 34.5. The van der Waals surface area contributed by atoms with Crippen molar-refractivity contribution >= 4 is 95.5 Å². The van der Waals surface area contributed by atoms with Gasteiger partial charge in [0.25, 0.3) is 0 Å². The Hall–Kier alpha value is -8.40. The third kappa shape index (κ3) is 6.64. The van der Waals surface area contributed by atoms with E-state index >= 15 is 9.13 Å². The molecular formula is C62H42N4O2P2. The number of aromatic nitrogens is 4. The van der Waals surface area contributed by atoms with Crippen molar-refractivity contribution in [3.05, 3.63) is 255 Å². The molecule has 332 valence electrons. The van der Waals surface area contributed by atoms with Gasteiger partial charge in [-0.3, -0.25) is 8.97 Å². The van der Waals surface area contributed by atoms with E-state index in [1.807, 2.05) is 170 Å². The summed E-state index contributed by atoms with van der Waals surface area (Å²) in [6.07, 6.45) is 0. The number of benzene rings is 10. The number of hydrogen-bond donors (Lipinski definition) is 0. The molecule has 6 nitrogen and oxygen atoms in total. The van der Waals surface area contributed by atoms with Crippen molar-refractivity contribution in [3.63, 3.8) is 0 Å². The molecule has 0 unspecified atom stereocenters. The molecule has 0 saturated heterocycles. The second kappa shape index (κ2) is 16.7. The van der Waals surface area contributed by atoms with Crippen LogP contribution >= 0.6 is 14.3 Å². The fraction of sp³-hybridized carbons (Fsp3) is 0. The van der Waals surface area contributed by atoms with Crippen molar-refractivity contribution < 1.29 is 9.13 Å². The number of para-hydroxylation sites is 3. The Kier molecular flexibility index (Phi) is 9.95. The minimum atomic E-state index is -3.15. The number of rotatable bonds is 9. The smallest absolute Gasteiger partial charge is 0.221 e. The van der Waals surface area contributed by atoms with Gasteiger partial charge in [0.05, 0.1) is 27.6 Å². The molecule has 3 aromatic heterocycles. The van der Waals surface area contributed by atoms with Gasteiger partial charge < -0.3 is 9.13 Å². The van der Waals surface area contributed by atoms with Crippen LogP contribution in [0.25, 0.3) is 77.6 Å². The quantitative estimate of drug-likeness (QED) is 0.135. The number of nitrogens with zero attached hydrogens (tertiary/aromatic N) is 4. The van der Waals surface area contributed by atoms with Crippen LogP contribution in [0, 0.1) is 0 Å². The Labute approximate surface area is 404 Å². The van der Waals surface area contributed by atoms with Gasteiger partial charge in [0, 0.05) is 48.0 Å². The lowest BCUT2D eigenvalue weighted by molar-refractivity contribution is 0.591. The first-order valence-corrected chi connectivity index (χ1v) is 26.8. The van der Waals surface area contributed by atoms with E-state index in [1.54, 1.807) is 0 Å². The Morgan fingerprint density at radius 1 is 0.300 bits per heavy atom. The van der Waals surface area contributed by atoms with Crippen molar-refractivity contribution in [2.24, 2.45) is 0 Å². The molecule has 3 heterocycles. The van der Waals surface area contributed by atoms with Crippen molar-refractivity contribution in [2.75, 3.05) is 0 Å². The fourth-order valence-corrected chi connectivity index (χ4v) is 15.5. The van der Waals surface area contributed by atoms with Gasteiger partial charge in [0.1, 0.15) is 5.65 Å². The predicted molar refractivity (Wildman–Crippen MR) is 292 cm³/mol. The van der Waals surface area contributed by atoms with Gasteiger partial charge in [0.2, 0.25) is 5.95 Å². The maximum Gasteiger partial charge on any atom is 0.221 e. The van der Waals surface area contributed by atoms with Crippen LogP contribution in [0.15, 0.2) is 255 Å². The van der Waals surface area contributed by atoms with E-state index in [0.717, 1.165) is 109 Å². The van der Waals surface area contributed by atoms with E-state index < -0.39 is 14.3 Å². The van der Waals surface area contributed by atoms with E-state index in [1.165, 1.54) is 0 Å². The number of imidazole rings is 1. The zero-order valence-corrected chi connectivity index (χ0v) is 39.5. The summed E-state index contributed by atoms with van der Waals surface area (Å²) >= 11 is 0. The number of fused-ring (bicyclic) bond motifs is 8. The van der Waals surface area contributed by atoms with Gasteiger partial charge in [-0.05, 0) is 70.8 Å². The van der Waals surface area contributed by atoms with E-state index in [0.29, 0.717) is 0 Å². The van der Waals surface area contributed by atoms with Crippen LogP contribution in [-0.2, 0) is 9.13 Å².